The molecule has 3 nitrogen and oxygen atoms in total. The van der Waals surface area contributed by atoms with Crippen LogP contribution in [0.25, 0.3) is 0 Å². The molecule has 0 spiro atoms. The first kappa shape index (κ1) is 23.2. The van der Waals surface area contributed by atoms with Crippen molar-refractivity contribution in [1.29, 1.82) is 0 Å². The summed E-state index contributed by atoms with van der Waals surface area (Å²) < 4.78 is 0. The third kappa shape index (κ3) is 5.71. The minimum Gasteiger partial charge on any atom is -0.545 e. The molecule has 0 aromatic heterocycles. The zero-order valence-corrected chi connectivity index (χ0v) is 13.3. The summed E-state index contributed by atoms with van der Waals surface area (Å²) in [5.41, 5.74) is 8.04. The molecular weight excluding hydrogens is 276 g/mol. The van der Waals surface area contributed by atoms with Gasteiger partial charge in [0, 0.05) is 0 Å². The molecule has 4 heteroatoms. The van der Waals surface area contributed by atoms with Crippen LogP contribution >= 0.6 is 0 Å². The van der Waals surface area contributed by atoms with E-state index in [0.717, 1.165) is 0 Å². The molecule has 1 aliphatic rings. The molecule has 0 saturated carbocycles. The molecule has 0 radical (unpaired) electrons. The van der Waals surface area contributed by atoms with Crippen molar-refractivity contribution in [2.45, 2.75) is 46.5 Å². The SMILES string of the molecule is Cc1c2c([c-](C)c1C)CCCC2.[CH-]=O.[CH-]=O.[CH-]=O.[Ti+4]. The van der Waals surface area contributed by atoms with Crippen molar-refractivity contribution < 1.29 is 36.1 Å². The maximum Gasteiger partial charge on any atom is 4.00 e. The number of hydrogen-bond donors (Lipinski definition) is 0. The van der Waals surface area contributed by atoms with Gasteiger partial charge in [0.15, 0.2) is 0 Å². The van der Waals surface area contributed by atoms with Gasteiger partial charge >= 0.3 is 21.7 Å². The minimum atomic E-state index is 0. The smallest absolute Gasteiger partial charge is 0.545 e. The van der Waals surface area contributed by atoms with Crippen LogP contribution < -0.4 is 0 Å². The van der Waals surface area contributed by atoms with E-state index in [0.29, 0.717) is 0 Å². The van der Waals surface area contributed by atoms with Gasteiger partial charge < -0.3 is 14.4 Å². The number of rotatable bonds is 0. The first-order valence-electron chi connectivity index (χ1n) is 5.66. The van der Waals surface area contributed by atoms with E-state index in [1.807, 2.05) is 0 Å². The van der Waals surface area contributed by atoms with E-state index in [1.54, 1.807) is 27.8 Å². The largest absolute Gasteiger partial charge is 4.00 e. The second kappa shape index (κ2) is 13.5. The Balaban J connectivity index is -0.000000325. The molecule has 0 unspecified atom stereocenters. The summed E-state index contributed by atoms with van der Waals surface area (Å²) in [4.78, 5) is 23.2. The van der Waals surface area contributed by atoms with Crippen molar-refractivity contribution in [3.05, 3.63) is 27.8 Å². The van der Waals surface area contributed by atoms with Crippen molar-refractivity contribution in [2.75, 3.05) is 0 Å². The Morgan fingerprint density at radius 3 is 1.74 bits per heavy atom. The van der Waals surface area contributed by atoms with E-state index in [2.05, 4.69) is 41.1 Å². The van der Waals surface area contributed by atoms with Gasteiger partial charge in [-0.2, -0.15) is 27.8 Å². The van der Waals surface area contributed by atoms with Gasteiger partial charge in [0.2, 0.25) is 0 Å². The second-order valence-electron chi connectivity index (χ2n) is 4.04. The Morgan fingerprint density at radius 1 is 0.895 bits per heavy atom. The third-order valence-electron chi connectivity index (χ3n) is 3.50. The molecule has 1 aliphatic carbocycles. The average Bonchev–Trinajstić information content (AvgIpc) is 2.71. The number of fused-ring (bicyclic) bond motifs is 1. The molecule has 2 rings (SSSR count). The maximum absolute atomic E-state index is 7.75. The van der Waals surface area contributed by atoms with Crippen LogP contribution in [0.5, 0.6) is 0 Å². The molecule has 1 aromatic rings. The summed E-state index contributed by atoms with van der Waals surface area (Å²) in [6.07, 6.45) is 5.46. The Kier molecular flexibility index (Phi) is 16.5. The summed E-state index contributed by atoms with van der Waals surface area (Å²) in [7, 11) is 0. The third-order valence-corrected chi connectivity index (χ3v) is 3.50. The van der Waals surface area contributed by atoms with Crippen molar-refractivity contribution in [3.8, 4) is 0 Å². The molecule has 0 N–H and O–H groups in total. The first-order chi connectivity index (χ1) is 8.72. The second-order valence-corrected chi connectivity index (χ2v) is 4.04. The van der Waals surface area contributed by atoms with Crippen LogP contribution in [0.15, 0.2) is 0 Å². The van der Waals surface area contributed by atoms with Crippen LogP contribution in [0, 0.1) is 20.8 Å². The standard InChI is InChI=1S/C12H17.3CHO.Ti/c1-8-9(2)11-6-4-5-7-12(11)10(8)3;3*1-2;/h4-7H2,1-3H3;3*1H;/q4*-1;+4. The fourth-order valence-corrected chi connectivity index (χ4v) is 2.47. The molecule has 0 amide bonds. The Labute approximate surface area is 131 Å². The van der Waals surface area contributed by atoms with Crippen molar-refractivity contribution >= 4 is 20.4 Å². The predicted molar refractivity (Wildman–Crippen MR) is 73.1 cm³/mol. The van der Waals surface area contributed by atoms with Crippen LogP contribution in [0.3, 0.4) is 0 Å². The van der Waals surface area contributed by atoms with Gasteiger partial charge in [0.1, 0.15) is 0 Å². The van der Waals surface area contributed by atoms with Crippen molar-refractivity contribution in [3.63, 3.8) is 0 Å². The maximum atomic E-state index is 7.75. The quantitative estimate of drug-likeness (QED) is 0.419. The Bertz CT molecular complexity index is 325. The van der Waals surface area contributed by atoms with E-state index >= 15 is 0 Å². The number of hydrogen-bond acceptors (Lipinski definition) is 3. The first-order valence-corrected chi connectivity index (χ1v) is 5.66. The average molecular weight is 296 g/mol. The van der Waals surface area contributed by atoms with Crippen molar-refractivity contribution in [1.82, 2.24) is 0 Å². The molecule has 19 heavy (non-hydrogen) atoms. The monoisotopic (exact) mass is 296 g/mol. The number of carbonyl (C=O) groups excluding carboxylic acids is 3. The fourth-order valence-electron chi connectivity index (χ4n) is 2.47. The van der Waals surface area contributed by atoms with Crippen LogP contribution in [0.4, 0.5) is 0 Å². The molecular formula is C15H20O3Ti. The normalized spacial score (nSPS) is 10.9. The predicted octanol–water partition coefficient (Wildman–Crippen LogP) is 2.38. The van der Waals surface area contributed by atoms with E-state index in [1.165, 1.54) is 25.7 Å². The van der Waals surface area contributed by atoms with Crippen LogP contribution in [-0.4, -0.2) is 20.4 Å². The van der Waals surface area contributed by atoms with Crippen LogP contribution in [0.1, 0.15) is 40.7 Å². The molecule has 0 atom stereocenters. The molecule has 0 aliphatic heterocycles. The topological polar surface area (TPSA) is 51.2 Å². The molecule has 102 valence electrons. The van der Waals surface area contributed by atoms with Crippen LogP contribution in [0.2, 0.25) is 0 Å². The Morgan fingerprint density at radius 2 is 1.32 bits per heavy atom. The summed E-state index contributed by atoms with van der Waals surface area (Å²) in [5, 5.41) is 0. The fraction of sp³-hybridized carbons (Fsp3) is 0.467. The molecule has 0 bridgehead atoms. The molecule has 0 heterocycles. The van der Waals surface area contributed by atoms with Crippen molar-refractivity contribution in [2.24, 2.45) is 0 Å². The van der Waals surface area contributed by atoms with Gasteiger partial charge in [-0.25, -0.2) is 0 Å². The van der Waals surface area contributed by atoms with E-state index in [9.17, 15) is 0 Å². The van der Waals surface area contributed by atoms with E-state index in [4.69, 9.17) is 14.4 Å². The van der Waals surface area contributed by atoms with Gasteiger partial charge in [0.25, 0.3) is 0 Å². The zero-order chi connectivity index (χ0) is 14.7. The van der Waals surface area contributed by atoms with E-state index < -0.39 is 0 Å². The summed E-state index contributed by atoms with van der Waals surface area (Å²) >= 11 is 0. The van der Waals surface area contributed by atoms with Gasteiger partial charge in [-0.1, -0.05) is 46.5 Å². The molecule has 1 aromatic carbocycles. The minimum absolute atomic E-state index is 0. The summed E-state index contributed by atoms with van der Waals surface area (Å²) in [6.45, 7) is 16.6. The van der Waals surface area contributed by atoms with Gasteiger partial charge in [-0.3, -0.25) is 20.4 Å². The summed E-state index contributed by atoms with van der Waals surface area (Å²) in [6, 6.07) is 0. The van der Waals surface area contributed by atoms with Crippen LogP contribution in [-0.2, 0) is 48.9 Å². The summed E-state index contributed by atoms with van der Waals surface area (Å²) in [5.74, 6) is 0. The van der Waals surface area contributed by atoms with Gasteiger partial charge in [0.05, 0.1) is 0 Å². The molecule has 0 saturated heterocycles. The zero-order valence-electron chi connectivity index (χ0n) is 11.8. The van der Waals surface area contributed by atoms with E-state index in [-0.39, 0.29) is 21.7 Å². The molecule has 0 fully saturated rings. The van der Waals surface area contributed by atoms with Gasteiger partial charge in [-0.05, 0) is 0 Å². The Hall–Kier alpha value is -0.926. The van der Waals surface area contributed by atoms with Gasteiger partial charge in [-0.15, -0.1) is 0 Å².